The molecule has 2 aromatic rings. The van der Waals surface area contributed by atoms with Crippen molar-refractivity contribution in [2.24, 2.45) is 11.8 Å². The molecule has 2 aliphatic heterocycles. The maximum Gasteiger partial charge on any atom is 0.407 e. The first-order valence-corrected chi connectivity index (χ1v) is 17.8. The topological polar surface area (TPSA) is 117 Å². The smallest absolute Gasteiger partial charge is 0.407 e. The number of anilines is 1. The second-order valence-corrected chi connectivity index (χ2v) is 15.8. The van der Waals surface area contributed by atoms with E-state index < -0.39 is 27.6 Å². The van der Waals surface area contributed by atoms with Crippen molar-refractivity contribution in [3.05, 3.63) is 64.7 Å². The molecule has 1 fully saturated rings. The van der Waals surface area contributed by atoms with Gasteiger partial charge in [0, 0.05) is 30.1 Å². The standard InChI is InChI=1S/C34H43ClN4O6S/c1-33(2)31(40)37-46(42,43)25-11-14-30-29(18-25)39(20-34(21-45-30)15-5-7-22-17-24(35)10-13-27(22)34)19-23-9-12-26(23)28(36-32(41)44-4)8-6-16-38(33)3/h6,8,10-11,13-14,17-18,23,26,28H,5,7,9,12,15-16,19-21H2,1-4H3,(H,36,41)(H,37,40)/t23-,26+,28+,34-/m0/s1. The fourth-order valence-corrected chi connectivity index (χ4v) is 8.72. The Morgan fingerprint density at radius 2 is 1.98 bits per heavy atom. The third kappa shape index (κ3) is 6.09. The van der Waals surface area contributed by atoms with Gasteiger partial charge in [0.15, 0.2) is 0 Å². The Labute approximate surface area is 276 Å². The summed E-state index contributed by atoms with van der Waals surface area (Å²) < 4.78 is 41.2. The highest BCUT2D eigenvalue weighted by atomic mass is 35.5. The molecule has 0 aromatic heterocycles. The van der Waals surface area contributed by atoms with E-state index in [4.69, 9.17) is 21.1 Å². The van der Waals surface area contributed by atoms with Crippen LogP contribution in [0.1, 0.15) is 50.7 Å². The molecule has 0 unspecified atom stereocenters. The van der Waals surface area contributed by atoms with Gasteiger partial charge >= 0.3 is 6.09 Å². The predicted octanol–water partition coefficient (Wildman–Crippen LogP) is 4.65. The molecule has 248 valence electrons. The van der Waals surface area contributed by atoms with Crippen LogP contribution in [0.2, 0.25) is 5.02 Å². The van der Waals surface area contributed by atoms with E-state index in [0.717, 1.165) is 32.1 Å². The summed E-state index contributed by atoms with van der Waals surface area (Å²) in [6.45, 7) is 5.44. The number of carbonyl (C=O) groups is 2. The van der Waals surface area contributed by atoms with Crippen LogP contribution in [0, 0.1) is 11.8 Å². The highest BCUT2D eigenvalue weighted by Gasteiger charge is 2.45. The zero-order chi connectivity index (χ0) is 32.9. The number of nitrogens with zero attached hydrogens (tertiary/aromatic N) is 2. The number of aryl methyl sites for hydroxylation is 1. The highest BCUT2D eigenvalue weighted by Crippen LogP contribution is 2.47. The molecular formula is C34H43ClN4O6S. The summed E-state index contributed by atoms with van der Waals surface area (Å²) in [6.07, 6.45) is 8.12. The van der Waals surface area contributed by atoms with Crippen LogP contribution in [0.3, 0.4) is 0 Å². The molecule has 0 saturated heterocycles. The number of likely N-dealkylation sites (N-methyl/N-ethyl adjacent to an activating group) is 1. The normalized spacial score (nSPS) is 28.8. The molecule has 2 amide bonds. The van der Waals surface area contributed by atoms with Crippen LogP contribution in [0.25, 0.3) is 0 Å². The number of fused-ring (bicyclic) bond motifs is 4. The van der Waals surface area contributed by atoms with Gasteiger partial charge in [-0.25, -0.2) is 17.9 Å². The highest BCUT2D eigenvalue weighted by molar-refractivity contribution is 7.90. The van der Waals surface area contributed by atoms with Gasteiger partial charge in [-0.2, -0.15) is 0 Å². The number of sulfonamides is 1. The van der Waals surface area contributed by atoms with Crippen LogP contribution in [0.15, 0.2) is 53.4 Å². The summed E-state index contributed by atoms with van der Waals surface area (Å²) >= 11 is 6.41. The number of nitrogens with one attached hydrogen (secondary N) is 2. The number of halogens is 1. The molecule has 2 aliphatic carbocycles. The number of alkyl carbamates (subject to hydrolysis) is 1. The van der Waals surface area contributed by atoms with E-state index in [-0.39, 0.29) is 28.2 Å². The largest absolute Gasteiger partial charge is 0.490 e. The molecule has 2 aromatic carbocycles. The lowest BCUT2D eigenvalue weighted by molar-refractivity contribution is -0.128. The van der Waals surface area contributed by atoms with Crippen molar-refractivity contribution in [2.45, 2.75) is 67.8 Å². The number of benzene rings is 2. The predicted molar refractivity (Wildman–Crippen MR) is 177 cm³/mol. The molecular weight excluding hydrogens is 628 g/mol. The number of hydrogen-bond acceptors (Lipinski definition) is 8. The third-order valence-corrected chi connectivity index (χ3v) is 12.2. The second kappa shape index (κ2) is 12.4. The molecule has 12 heteroatoms. The summed E-state index contributed by atoms with van der Waals surface area (Å²) in [5, 5.41) is 3.74. The minimum atomic E-state index is -4.19. The summed E-state index contributed by atoms with van der Waals surface area (Å²) in [4.78, 5) is 29.9. The van der Waals surface area contributed by atoms with Crippen molar-refractivity contribution in [2.75, 3.05) is 45.3 Å². The monoisotopic (exact) mass is 670 g/mol. The van der Waals surface area contributed by atoms with Crippen molar-refractivity contribution < 1.29 is 27.5 Å². The van der Waals surface area contributed by atoms with Gasteiger partial charge in [-0.05, 0) is 106 Å². The fraction of sp³-hybridized carbons (Fsp3) is 0.529. The Bertz CT molecular complexity index is 1660. The van der Waals surface area contributed by atoms with Gasteiger partial charge in [0.1, 0.15) is 5.75 Å². The van der Waals surface area contributed by atoms with E-state index in [2.05, 4.69) is 21.0 Å². The van der Waals surface area contributed by atoms with E-state index in [0.29, 0.717) is 42.7 Å². The van der Waals surface area contributed by atoms with Crippen molar-refractivity contribution in [3.63, 3.8) is 0 Å². The molecule has 1 saturated carbocycles. The molecule has 4 atom stereocenters. The lowest BCUT2D eigenvalue weighted by atomic mass is 9.68. The van der Waals surface area contributed by atoms with Crippen LogP contribution in [0.5, 0.6) is 5.75 Å². The zero-order valence-corrected chi connectivity index (χ0v) is 28.4. The summed E-state index contributed by atoms with van der Waals surface area (Å²) in [6, 6.07) is 10.7. The fourth-order valence-electron chi connectivity index (χ4n) is 7.40. The zero-order valence-electron chi connectivity index (χ0n) is 26.8. The number of ether oxygens (including phenoxy) is 2. The minimum absolute atomic E-state index is 0.000753. The van der Waals surface area contributed by atoms with Gasteiger partial charge < -0.3 is 19.7 Å². The Kier molecular flexibility index (Phi) is 8.80. The first-order valence-electron chi connectivity index (χ1n) is 15.9. The number of carbonyl (C=O) groups excluding carboxylic acids is 2. The van der Waals surface area contributed by atoms with Crippen molar-refractivity contribution in [1.29, 1.82) is 0 Å². The molecule has 4 aliphatic rings. The Morgan fingerprint density at radius 3 is 2.72 bits per heavy atom. The number of rotatable bonds is 1. The first-order chi connectivity index (χ1) is 21.8. The van der Waals surface area contributed by atoms with Crippen molar-refractivity contribution >= 4 is 39.3 Å². The Hall–Kier alpha value is -3.28. The Morgan fingerprint density at radius 1 is 1.17 bits per heavy atom. The SMILES string of the molecule is COC(=O)N[C@@H]1C=CCN(C)C(C)(C)C(=O)NS(=O)(=O)c2ccc3c(c2)N(C[C@@H]2CC[C@H]21)C[C@@]1(CCCc2cc(Cl)ccc21)CO3. The molecule has 0 radical (unpaired) electrons. The van der Waals surface area contributed by atoms with Crippen LogP contribution in [0.4, 0.5) is 10.5 Å². The lowest BCUT2D eigenvalue weighted by Crippen LogP contribution is -2.54. The van der Waals surface area contributed by atoms with E-state index >= 15 is 0 Å². The Balaban J connectivity index is 1.45. The van der Waals surface area contributed by atoms with E-state index in [1.54, 1.807) is 37.9 Å². The first kappa shape index (κ1) is 32.7. The summed E-state index contributed by atoms with van der Waals surface area (Å²) in [5.74, 6) is 0.311. The average Bonchev–Trinajstić information content (AvgIpc) is 3.15. The molecule has 10 nitrogen and oxygen atoms in total. The van der Waals surface area contributed by atoms with Gasteiger partial charge in [0.2, 0.25) is 0 Å². The van der Waals surface area contributed by atoms with Crippen LogP contribution in [-0.2, 0) is 31.4 Å². The van der Waals surface area contributed by atoms with Gasteiger partial charge in [0.05, 0.1) is 35.9 Å². The quantitative estimate of drug-likeness (QED) is 0.422. The van der Waals surface area contributed by atoms with E-state index in [1.807, 2.05) is 24.3 Å². The van der Waals surface area contributed by atoms with Crippen molar-refractivity contribution in [3.8, 4) is 5.75 Å². The van der Waals surface area contributed by atoms with Gasteiger partial charge in [-0.3, -0.25) is 9.69 Å². The number of methoxy groups -OCH3 is 1. The number of amides is 2. The van der Waals surface area contributed by atoms with Gasteiger partial charge in [0.25, 0.3) is 15.9 Å². The second-order valence-electron chi connectivity index (χ2n) is 13.7. The summed E-state index contributed by atoms with van der Waals surface area (Å²) in [5.41, 5.74) is 1.63. The molecule has 1 spiro atoms. The molecule has 46 heavy (non-hydrogen) atoms. The molecule has 6 rings (SSSR count). The van der Waals surface area contributed by atoms with Crippen LogP contribution in [-0.4, -0.2) is 77.3 Å². The van der Waals surface area contributed by atoms with Crippen LogP contribution < -0.4 is 19.7 Å². The number of hydrogen-bond donors (Lipinski definition) is 2. The maximum absolute atomic E-state index is 13.7. The summed E-state index contributed by atoms with van der Waals surface area (Å²) in [7, 11) is -1.07. The van der Waals surface area contributed by atoms with Crippen LogP contribution >= 0.6 is 11.6 Å². The molecule has 2 bridgehead atoms. The van der Waals surface area contributed by atoms with Gasteiger partial charge in [-0.1, -0.05) is 29.8 Å². The van der Waals surface area contributed by atoms with Crippen molar-refractivity contribution in [1.82, 2.24) is 14.9 Å². The lowest BCUT2D eigenvalue weighted by Gasteiger charge is -2.46. The molecule has 2 heterocycles. The third-order valence-electron chi connectivity index (χ3n) is 10.6. The maximum atomic E-state index is 13.7. The molecule has 2 N–H and O–H groups in total. The average molecular weight is 671 g/mol. The van der Waals surface area contributed by atoms with E-state index in [1.165, 1.54) is 24.3 Å². The van der Waals surface area contributed by atoms with E-state index in [9.17, 15) is 18.0 Å². The van der Waals surface area contributed by atoms with Gasteiger partial charge in [-0.15, -0.1) is 0 Å². The minimum Gasteiger partial charge on any atom is -0.490 e.